The van der Waals surface area contributed by atoms with Crippen LogP contribution in [0, 0.1) is 0 Å². The van der Waals surface area contributed by atoms with Gasteiger partial charge in [-0.1, -0.05) is 54.2 Å². The molecule has 1 aliphatic heterocycles. The van der Waals surface area contributed by atoms with E-state index in [9.17, 15) is 9.90 Å². The largest absolute Gasteiger partial charge is 0.507 e. The molecule has 0 radical (unpaired) electrons. The minimum atomic E-state index is -0.198. The fourth-order valence-electron chi connectivity index (χ4n) is 2.15. The van der Waals surface area contributed by atoms with Gasteiger partial charge in [-0.15, -0.1) is 5.10 Å². The van der Waals surface area contributed by atoms with Crippen LogP contribution >= 0.6 is 11.8 Å². The summed E-state index contributed by atoms with van der Waals surface area (Å²) in [5, 5.41) is 20.6. The van der Waals surface area contributed by atoms with Gasteiger partial charge in [0.15, 0.2) is 5.17 Å². The van der Waals surface area contributed by atoms with Crippen molar-refractivity contribution >= 4 is 29.1 Å². The van der Waals surface area contributed by atoms with Crippen molar-refractivity contribution in [1.29, 1.82) is 0 Å². The Hall–Kier alpha value is -2.60. The third-order valence-corrected chi connectivity index (χ3v) is 4.39. The van der Waals surface area contributed by atoms with Gasteiger partial charge in [-0.05, 0) is 24.1 Å². The van der Waals surface area contributed by atoms with Crippen molar-refractivity contribution in [1.82, 2.24) is 5.32 Å². The summed E-state index contributed by atoms with van der Waals surface area (Å²) in [6.45, 7) is 0. The summed E-state index contributed by atoms with van der Waals surface area (Å²) in [5.41, 5.74) is 1.69. The number of thioether (sulfide) groups is 1. The van der Waals surface area contributed by atoms with Crippen molar-refractivity contribution in [3.05, 3.63) is 65.7 Å². The first-order valence-electron chi connectivity index (χ1n) is 7.13. The van der Waals surface area contributed by atoms with Crippen molar-refractivity contribution in [2.75, 3.05) is 0 Å². The molecule has 1 saturated heterocycles. The van der Waals surface area contributed by atoms with Crippen LogP contribution in [0.25, 0.3) is 0 Å². The molecule has 0 aliphatic carbocycles. The zero-order valence-corrected chi connectivity index (χ0v) is 13.0. The average molecular weight is 325 g/mol. The first-order valence-corrected chi connectivity index (χ1v) is 8.01. The molecule has 1 aliphatic rings. The Labute approximate surface area is 138 Å². The van der Waals surface area contributed by atoms with Crippen molar-refractivity contribution in [3.8, 4) is 5.75 Å². The molecule has 0 spiro atoms. The van der Waals surface area contributed by atoms with Crippen LogP contribution in [0.15, 0.2) is 64.8 Å². The minimum Gasteiger partial charge on any atom is -0.507 e. The standard InChI is InChI=1S/C17H15N3O2S/c21-14-9-5-4-8-13(14)11-18-20-17-19-16(22)15(23-17)10-12-6-2-1-3-7-12/h1-9,11,15,21H,10H2,(H,19,20,22)/b18-11+/t15-/m0/s1. The predicted molar refractivity (Wildman–Crippen MR) is 92.8 cm³/mol. The van der Waals surface area contributed by atoms with Gasteiger partial charge in [0, 0.05) is 5.56 Å². The number of nitrogens with one attached hydrogen (secondary N) is 1. The van der Waals surface area contributed by atoms with Gasteiger partial charge in [0.2, 0.25) is 5.91 Å². The number of hydrogen-bond acceptors (Lipinski definition) is 5. The molecule has 1 heterocycles. The molecule has 0 unspecified atom stereocenters. The van der Waals surface area contributed by atoms with Gasteiger partial charge in [0.1, 0.15) is 5.75 Å². The van der Waals surface area contributed by atoms with Gasteiger partial charge >= 0.3 is 0 Å². The van der Waals surface area contributed by atoms with E-state index < -0.39 is 0 Å². The molecule has 1 fully saturated rings. The fraction of sp³-hybridized carbons (Fsp3) is 0.118. The monoisotopic (exact) mass is 325 g/mol. The van der Waals surface area contributed by atoms with Crippen LogP contribution in [0.1, 0.15) is 11.1 Å². The number of benzene rings is 2. The van der Waals surface area contributed by atoms with Gasteiger partial charge in [0.05, 0.1) is 11.5 Å². The van der Waals surface area contributed by atoms with Crippen LogP contribution in [0.4, 0.5) is 0 Å². The van der Waals surface area contributed by atoms with Crippen molar-refractivity contribution in [2.45, 2.75) is 11.7 Å². The quantitative estimate of drug-likeness (QED) is 0.670. The van der Waals surface area contributed by atoms with E-state index in [-0.39, 0.29) is 16.9 Å². The molecule has 0 aromatic heterocycles. The van der Waals surface area contributed by atoms with Gasteiger partial charge in [-0.3, -0.25) is 4.79 Å². The van der Waals surface area contributed by atoms with Gasteiger partial charge in [0.25, 0.3) is 0 Å². The Morgan fingerprint density at radius 3 is 2.65 bits per heavy atom. The van der Waals surface area contributed by atoms with E-state index in [0.29, 0.717) is 17.2 Å². The van der Waals surface area contributed by atoms with Crippen LogP contribution in [-0.4, -0.2) is 27.6 Å². The number of amides is 1. The molecular formula is C17H15N3O2S. The highest BCUT2D eigenvalue weighted by atomic mass is 32.2. The van der Waals surface area contributed by atoms with Crippen LogP contribution in [0.3, 0.4) is 0 Å². The second-order valence-electron chi connectivity index (χ2n) is 4.99. The highest BCUT2D eigenvalue weighted by molar-refractivity contribution is 8.15. The van der Waals surface area contributed by atoms with Crippen LogP contribution in [0.2, 0.25) is 0 Å². The van der Waals surface area contributed by atoms with Crippen LogP contribution in [-0.2, 0) is 11.2 Å². The maximum Gasteiger partial charge on any atom is 0.239 e. The second-order valence-corrected chi connectivity index (χ2v) is 6.19. The van der Waals surface area contributed by atoms with Crippen molar-refractivity contribution in [2.24, 2.45) is 10.2 Å². The predicted octanol–water partition coefficient (Wildman–Crippen LogP) is 2.56. The summed E-state index contributed by atoms with van der Waals surface area (Å²) in [6, 6.07) is 16.7. The Bertz CT molecular complexity index is 759. The molecule has 5 nitrogen and oxygen atoms in total. The molecule has 6 heteroatoms. The molecule has 0 bridgehead atoms. The smallest absolute Gasteiger partial charge is 0.239 e. The van der Waals surface area contributed by atoms with E-state index in [1.54, 1.807) is 24.3 Å². The van der Waals surface area contributed by atoms with Gasteiger partial charge in [-0.25, -0.2) is 0 Å². The number of carbonyl (C=O) groups excluding carboxylic acids is 1. The summed E-state index contributed by atoms with van der Waals surface area (Å²) >= 11 is 1.37. The third kappa shape index (κ3) is 3.98. The number of phenols is 1. The van der Waals surface area contributed by atoms with E-state index in [2.05, 4.69) is 15.5 Å². The number of phenolic OH excluding ortho intramolecular Hbond substituents is 1. The number of para-hydroxylation sites is 1. The number of nitrogens with zero attached hydrogens (tertiary/aromatic N) is 2. The first kappa shape index (κ1) is 15.3. The molecule has 0 saturated carbocycles. The SMILES string of the molecule is O=C1N/C(=N\N=C\c2ccccc2O)S[C@H]1Cc1ccccc1. The summed E-state index contributed by atoms with van der Waals surface area (Å²) in [4.78, 5) is 12.0. The molecule has 3 rings (SSSR count). The number of carbonyl (C=O) groups is 1. The molecule has 2 aromatic rings. The lowest BCUT2D eigenvalue weighted by Gasteiger charge is -2.04. The maximum atomic E-state index is 12.0. The molecule has 1 atom stereocenters. The summed E-state index contributed by atoms with van der Waals surface area (Å²) in [6.07, 6.45) is 2.11. The Balaban J connectivity index is 1.64. The lowest BCUT2D eigenvalue weighted by molar-refractivity contribution is -0.118. The Kier molecular flexibility index (Phi) is 4.73. The summed E-state index contributed by atoms with van der Waals surface area (Å²) in [7, 11) is 0. The van der Waals surface area contributed by atoms with Gasteiger partial charge in [-0.2, -0.15) is 5.10 Å². The lowest BCUT2D eigenvalue weighted by atomic mass is 10.1. The first-order chi connectivity index (χ1) is 11.2. The van der Waals surface area contributed by atoms with Crippen molar-refractivity contribution in [3.63, 3.8) is 0 Å². The summed E-state index contributed by atoms with van der Waals surface area (Å²) in [5.74, 6) is 0.0804. The number of rotatable bonds is 4. The summed E-state index contributed by atoms with van der Waals surface area (Å²) < 4.78 is 0. The van der Waals surface area contributed by atoms with Gasteiger partial charge < -0.3 is 10.4 Å². The maximum absolute atomic E-state index is 12.0. The zero-order valence-electron chi connectivity index (χ0n) is 12.2. The Morgan fingerprint density at radius 1 is 1.13 bits per heavy atom. The topological polar surface area (TPSA) is 74.0 Å². The highest BCUT2D eigenvalue weighted by Crippen LogP contribution is 2.23. The van der Waals surface area contributed by atoms with Crippen molar-refractivity contribution < 1.29 is 9.90 Å². The molecule has 2 aromatic carbocycles. The highest BCUT2D eigenvalue weighted by Gasteiger charge is 2.30. The number of hydrogen-bond donors (Lipinski definition) is 2. The Morgan fingerprint density at radius 2 is 1.87 bits per heavy atom. The van der Waals surface area contributed by atoms with E-state index in [1.807, 2.05) is 30.3 Å². The van der Waals surface area contributed by atoms with Crippen LogP contribution < -0.4 is 5.32 Å². The second kappa shape index (κ2) is 7.11. The minimum absolute atomic E-state index is 0.0599. The molecule has 2 N–H and O–H groups in total. The van der Waals surface area contributed by atoms with Crippen LogP contribution in [0.5, 0.6) is 5.75 Å². The van der Waals surface area contributed by atoms with E-state index >= 15 is 0 Å². The number of amidine groups is 1. The van der Waals surface area contributed by atoms with E-state index in [4.69, 9.17) is 0 Å². The third-order valence-electron chi connectivity index (χ3n) is 3.32. The molecule has 23 heavy (non-hydrogen) atoms. The average Bonchev–Trinajstić information content (AvgIpc) is 2.90. The lowest BCUT2D eigenvalue weighted by Crippen LogP contribution is -2.25. The molecule has 1 amide bonds. The fourth-order valence-corrected chi connectivity index (χ4v) is 3.12. The van der Waals surface area contributed by atoms with E-state index in [0.717, 1.165) is 5.56 Å². The molecule has 116 valence electrons. The normalized spacial score (nSPS) is 19.4. The van der Waals surface area contributed by atoms with E-state index in [1.165, 1.54) is 18.0 Å². The molecular weight excluding hydrogens is 310 g/mol. The number of aromatic hydroxyl groups is 1. The zero-order chi connectivity index (χ0) is 16.1.